The van der Waals surface area contributed by atoms with Gasteiger partial charge in [0.25, 0.3) is 11.5 Å². The van der Waals surface area contributed by atoms with Crippen molar-refractivity contribution < 1.29 is 23.5 Å². The zero-order valence-electron chi connectivity index (χ0n) is 27.5. The van der Waals surface area contributed by atoms with Crippen molar-refractivity contribution in [3.05, 3.63) is 94.0 Å². The zero-order valence-corrected chi connectivity index (χ0v) is 27.5. The maximum absolute atomic E-state index is 16.0. The Morgan fingerprint density at radius 2 is 1.80 bits per heavy atom. The van der Waals surface area contributed by atoms with Gasteiger partial charge in [-0.05, 0) is 70.0 Å². The predicted octanol–water partition coefficient (Wildman–Crippen LogP) is 4.97. The Morgan fingerprint density at radius 3 is 2.51 bits per heavy atom. The van der Waals surface area contributed by atoms with Crippen LogP contribution in [-0.4, -0.2) is 66.2 Å². The van der Waals surface area contributed by atoms with Crippen LogP contribution in [0.25, 0.3) is 22.3 Å². The smallest absolute Gasteiger partial charge is 0.410 e. The number of fused-ring (bicyclic) bond motifs is 2. The number of nitrogen functional groups attached to an aromatic ring is 1. The van der Waals surface area contributed by atoms with Gasteiger partial charge in [0.1, 0.15) is 28.8 Å². The molecule has 5 aromatic rings. The summed E-state index contributed by atoms with van der Waals surface area (Å²) in [4.78, 5) is 45.6. The van der Waals surface area contributed by atoms with Gasteiger partial charge in [0.2, 0.25) is 0 Å². The summed E-state index contributed by atoms with van der Waals surface area (Å²) in [7, 11) is 0. The Labute approximate surface area is 281 Å². The lowest BCUT2D eigenvalue weighted by Gasteiger charge is -2.33. The molecular weight excluding hydrogens is 631 g/mol. The average Bonchev–Trinajstić information content (AvgIpc) is 3.60. The number of anilines is 2. The minimum Gasteiger partial charge on any atom is -0.444 e. The van der Waals surface area contributed by atoms with Crippen LogP contribution in [0.1, 0.15) is 61.3 Å². The number of para-hydroxylation sites is 1. The molecule has 2 amide bonds. The lowest BCUT2D eigenvalue weighted by atomic mass is 9.93. The molecule has 254 valence electrons. The molecular formula is C35H37FN8O5. The number of ether oxygens (including phenoxy) is 2. The monoisotopic (exact) mass is 668 g/mol. The van der Waals surface area contributed by atoms with Crippen LogP contribution in [0.3, 0.4) is 0 Å². The third-order valence-electron chi connectivity index (χ3n) is 8.85. The molecule has 3 aromatic heterocycles. The van der Waals surface area contributed by atoms with Crippen LogP contribution in [-0.2, 0) is 22.6 Å². The Balaban J connectivity index is 1.16. The second-order valence-electron chi connectivity index (χ2n) is 13.2. The van der Waals surface area contributed by atoms with Gasteiger partial charge >= 0.3 is 6.09 Å². The van der Waals surface area contributed by atoms with Crippen LogP contribution in [0, 0.1) is 5.82 Å². The summed E-state index contributed by atoms with van der Waals surface area (Å²) < 4.78 is 32.0. The van der Waals surface area contributed by atoms with Crippen molar-refractivity contribution in [2.24, 2.45) is 0 Å². The molecule has 2 aromatic carbocycles. The van der Waals surface area contributed by atoms with Crippen LogP contribution in [0.4, 0.5) is 20.7 Å². The molecule has 13 nitrogen and oxygen atoms in total. The molecule has 7 rings (SSSR count). The number of hydrogen-bond donors (Lipinski definition) is 2. The molecule has 0 bridgehead atoms. The summed E-state index contributed by atoms with van der Waals surface area (Å²) in [5.74, 6) is -1.06. The number of halogens is 1. The highest BCUT2D eigenvalue weighted by Gasteiger charge is 2.31. The Bertz CT molecular complexity index is 2120. The van der Waals surface area contributed by atoms with E-state index in [0.717, 1.165) is 5.69 Å². The number of amides is 2. The third-order valence-corrected chi connectivity index (χ3v) is 8.85. The zero-order chi connectivity index (χ0) is 34.4. The summed E-state index contributed by atoms with van der Waals surface area (Å²) in [6.45, 7) is 7.41. The number of piperidine rings is 1. The van der Waals surface area contributed by atoms with Crippen molar-refractivity contribution in [3.63, 3.8) is 0 Å². The van der Waals surface area contributed by atoms with Crippen LogP contribution >= 0.6 is 0 Å². The quantitative estimate of drug-likeness (QED) is 0.267. The number of benzene rings is 2. The highest BCUT2D eigenvalue weighted by Crippen LogP contribution is 2.38. The van der Waals surface area contributed by atoms with Crippen LogP contribution < -0.4 is 16.6 Å². The first-order valence-corrected chi connectivity index (χ1v) is 16.2. The van der Waals surface area contributed by atoms with E-state index in [4.69, 9.17) is 15.2 Å². The Morgan fingerprint density at radius 1 is 1.04 bits per heavy atom. The number of nitrogens with one attached hydrogen (secondary N) is 1. The number of rotatable bonds is 5. The number of carbonyl (C=O) groups excluding carboxylic acids is 2. The van der Waals surface area contributed by atoms with Crippen LogP contribution in [0.2, 0.25) is 0 Å². The SMILES string of the molecule is CC(C)(C)OC(=O)N1CCC(c2cc(-c3ccc(NC(=O)c4c5n(n(-c6ccccc6)c4=O)CCOC5)cc3F)c3c(N)ncnn23)CC1. The van der Waals surface area contributed by atoms with E-state index in [9.17, 15) is 14.4 Å². The maximum atomic E-state index is 16.0. The second kappa shape index (κ2) is 12.5. The first-order valence-electron chi connectivity index (χ1n) is 16.2. The molecule has 0 spiro atoms. The Kier molecular flexibility index (Phi) is 8.19. The molecule has 5 heterocycles. The van der Waals surface area contributed by atoms with E-state index in [1.54, 1.807) is 38.4 Å². The molecule has 0 saturated carbocycles. The number of carbonyl (C=O) groups is 2. The van der Waals surface area contributed by atoms with Crippen molar-refractivity contribution in [2.75, 3.05) is 30.7 Å². The average molecular weight is 669 g/mol. The largest absolute Gasteiger partial charge is 0.444 e. The topological polar surface area (TPSA) is 151 Å². The molecule has 49 heavy (non-hydrogen) atoms. The minimum absolute atomic E-state index is 0.0214. The van der Waals surface area contributed by atoms with Gasteiger partial charge < -0.3 is 25.4 Å². The maximum Gasteiger partial charge on any atom is 0.410 e. The summed E-state index contributed by atoms with van der Waals surface area (Å²) >= 11 is 0. The van der Waals surface area contributed by atoms with E-state index < -0.39 is 22.9 Å². The first kappa shape index (κ1) is 32.1. The van der Waals surface area contributed by atoms with Crippen LogP contribution in [0.5, 0.6) is 0 Å². The number of hydrogen-bond acceptors (Lipinski definition) is 8. The number of aromatic nitrogens is 5. The van der Waals surface area contributed by atoms with Crippen LogP contribution in [0.15, 0.2) is 65.7 Å². The van der Waals surface area contributed by atoms with Crippen molar-refractivity contribution in [1.82, 2.24) is 28.9 Å². The first-order chi connectivity index (χ1) is 23.5. The van der Waals surface area contributed by atoms with Gasteiger partial charge in [0.05, 0.1) is 31.1 Å². The summed E-state index contributed by atoms with van der Waals surface area (Å²) in [5, 5.41) is 7.16. The van der Waals surface area contributed by atoms with Gasteiger partial charge in [-0.2, -0.15) is 5.10 Å². The van der Waals surface area contributed by atoms with E-state index in [-0.39, 0.29) is 41.3 Å². The highest BCUT2D eigenvalue weighted by atomic mass is 19.1. The van der Waals surface area contributed by atoms with Gasteiger partial charge in [-0.1, -0.05) is 18.2 Å². The predicted molar refractivity (Wildman–Crippen MR) is 180 cm³/mol. The van der Waals surface area contributed by atoms with Gasteiger partial charge in [0.15, 0.2) is 5.82 Å². The standard InChI is InChI=1S/C35H37FN8O5/c1-35(2,3)49-34(47)41-13-11-21(12-14-41)27-18-25(30-31(37)38-20-39-43(27)30)24-10-9-22(17-26(24)36)40-32(45)29-28-19-48-16-15-42(28)44(33(29)46)23-7-5-4-6-8-23/h4-10,17-18,20-21H,11-16,19H2,1-3H3,(H,40,45)(H2,37,38,39). The van der Waals surface area contributed by atoms with E-state index in [1.807, 2.05) is 45.0 Å². The van der Waals surface area contributed by atoms with Gasteiger partial charge in [-0.15, -0.1) is 0 Å². The molecule has 1 fully saturated rings. The van der Waals surface area contributed by atoms with Crippen molar-refractivity contribution in [2.45, 2.75) is 58.3 Å². The van der Waals surface area contributed by atoms with Crippen molar-refractivity contribution >= 4 is 29.0 Å². The Hall–Kier alpha value is -5.50. The van der Waals surface area contributed by atoms with Crippen molar-refractivity contribution in [1.29, 1.82) is 0 Å². The van der Waals surface area contributed by atoms with E-state index in [0.29, 0.717) is 61.5 Å². The van der Waals surface area contributed by atoms with E-state index in [1.165, 1.54) is 17.1 Å². The second-order valence-corrected chi connectivity index (χ2v) is 13.2. The molecule has 2 aliphatic heterocycles. The minimum atomic E-state index is -0.659. The fourth-order valence-electron chi connectivity index (χ4n) is 6.62. The molecule has 0 radical (unpaired) electrons. The number of nitrogens with zero attached hydrogens (tertiary/aromatic N) is 6. The molecule has 0 unspecified atom stereocenters. The molecule has 3 N–H and O–H groups in total. The van der Waals surface area contributed by atoms with Gasteiger partial charge in [-0.3, -0.25) is 14.3 Å². The fraction of sp³-hybridized carbons (Fsp3) is 0.343. The fourth-order valence-corrected chi connectivity index (χ4v) is 6.62. The third kappa shape index (κ3) is 6.03. The van der Waals surface area contributed by atoms with Gasteiger partial charge in [-0.25, -0.2) is 23.4 Å². The highest BCUT2D eigenvalue weighted by molar-refractivity contribution is 6.05. The normalized spacial score (nSPS) is 15.3. The molecule has 1 saturated heterocycles. The summed E-state index contributed by atoms with van der Waals surface area (Å²) in [6, 6.07) is 15.3. The van der Waals surface area contributed by atoms with Crippen molar-refractivity contribution in [3.8, 4) is 16.8 Å². The number of likely N-dealkylation sites (tertiary alicyclic amines) is 1. The summed E-state index contributed by atoms with van der Waals surface area (Å²) in [5.41, 5.74) is 8.49. The van der Waals surface area contributed by atoms with E-state index >= 15 is 4.39 Å². The lowest BCUT2D eigenvalue weighted by Crippen LogP contribution is -2.41. The molecule has 14 heteroatoms. The molecule has 0 atom stereocenters. The number of nitrogens with two attached hydrogens (primary N) is 1. The molecule has 2 aliphatic rings. The lowest BCUT2D eigenvalue weighted by molar-refractivity contribution is 0.0203. The van der Waals surface area contributed by atoms with Gasteiger partial charge in [0, 0.05) is 41.5 Å². The van der Waals surface area contributed by atoms with E-state index in [2.05, 4.69) is 15.4 Å². The summed E-state index contributed by atoms with van der Waals surface area (Å²) in [6.07, 6.45) is 2.32. The molecule has 0 aliphatic carbocycles.